The van der Waals surface area contributed by atoms with Gasteiger partial charge in [-0.25, -0.2) is 0 Å². The first-order chi connectivity index (χ1) is 18.1. The van der Waals surface area contributed by atoms with Gasteiger partial charge in [-0.05, 0) is 53.9 Å². The van der Waals surface area contributed by atoms with Crippen LogP contribution in [0.4, 0.5) is 11.4 Å². The van der Waals surface area contributed by atoms with Gasteiger partial charge in [0.1, 0.15) is 0 Å². The number of nitrogens with zero attached hydrogens (tertiary/aromatic N) is 2. The highest BCUT2D eigenvalue weighted by molar-refractivity contribution is 6.04. The number of nitrogens with one attached hydrogen (secondary N) is 2. The predicted molar refractivity (Wildman–Crippen MR) is 146 cm³/mol. The average Bonchev–Trinajstić information content (AvgIpc) is 3.36. The van der Waals surface area contributed by atoms with E-state index in [1.807, 2.05) is 30.6 Å². The van der Waals surface area contributed by atoms with E-state index in [2.05, 4.69) is 50.8 Å². The van der Waals surface area contributed by atoms with Gasteiger partial charge in [0.25, 0.3) is 5.91 Å². The number of amides is 1. The van der Waals surface area contributed by atoms with Gasteiger partial charge >= 0.3 is 5.97 Å². The van der Waals surface area contributed by atoms with E-state index in [1.165, 1.54) is 12.5 Å². The number of esters is 1. The largest absolute Gasteiger partial charge is 0.469 e. The SMILES string of the molecule is COC(=O)Cc1ccc(C(=O)Nc2cccc(CN3CCC(Nc4cccc5cnccc45)C3)c2)cc1. The molecular weight excluding hydrogens is 464 g/mol. The molecule has 1 saturated heterocycles. The Morgan fingerprint density at radius 1 is 1.03 bits per heavy atom. The minimum atomic E-state index is -0.305. The van der Waals surface area contributed by atoms with E-state index in [4.69, 9.17) is 4.74 Å². The second kappa shape index (κ2) is 11.2. The molecule has 0 saturated carbocycles. The van der Waals surface area contributed by atoms with Gasteiger partial charge in [-0.2, -0.15) is 0 Å². The summed E-state index contributed by atoms with van der Waals surface area (Å²) in [7, 11) is 1.36. The first kappa shape index (κ1) is 24.5. The van der Waals surface area contributed by atoms with E-state index in [0.717, 1.165) is 53.9 Å². The molecule has 0 aliphatic carbocycles. The summed E-state index contributed by atoms with van der Waals surface area (Å²) in [6.45, 7) is 2.79. The number of fused-ring (bicyclic) bond motifs is 1. The van der Waals surface area contributed by atoms with Crippen molar-refractivity contribution in [3.8, 4) is 0 Å². The van der Waals surface area contributed by atoms with Crippen molar-refractivity contribution in [2.24, 2.45) is 0 Å². The molecule has 1 aromatic heterocycles. The van der Waals surface area contributed by atoms with Gasteiger partial charge < -0.3 is 15.4 Å². The van der Waals surface area contributed by atoms with E-state index in [9.17, 15) is 9.59 Å². The van der Waals surface area contributed by atoms with E-state index in [1.54, 1.807) is 24.3 Å². The number of ether oxygens (including phenoxy) is 1. The smallest absolute Gasteiger partial charge is 0.309 e. The Bertz CT molecular complexity index is 1400. The van der Waals surface area contributed by atoms with Crippen LogP contribution in [-0.2, 0) is 22.5 Å². The number of likely N-dealkylation sites (tertiary alicyclic amines) is 1. The topological polar surface area (TPSA) is 83.6 Å². The van der Waals surface area contributed by atoms with Crippen LogP contribution in [0.25, 0.3) is 10.8 Å². The highest BCUT2D eigenvalue weighted by Gasteiger charge is 2.23. The van der Waals surface area contributed by atoms with Crippen molar-refractivity contribution in [1.29, 1.82) is 0 Å². The lowest BCUT2D eigenvalue weighted by Gasteiger charge is -2.19. The number of aromatic nitrogens is 1. The standard InChI is InChI=1S/C30H30N4O3/c1-37-29(35)17-21-8-10-23(11-9-21)30(36)33-25-6-2-4-22(16-25)19-34-15-13-26(20-34)32-28-7-3-5-24-18-31-14-12-27(24)28/h2-12,14,16,18,26,32H,13,15,17,19-20H2,1H3,(H,33,36). The van der Waals surface area contributed by atoms with E-state index < -0.39 is 0 Å². The summed E-state index contributed by atoms with van der Waals surface area (Å²) in [5.41, 5.74) is 4.41. The van der Waals surface area contributed by atoms with Crippen molar-refractivity contribution in [3.05, 3.63) is 102 Å². The fourth-order valence-corrected chi connectivity index (χ4v) is 4.78. The van der Waals surface area contributed by atoms with Crippen molar-refractivity contribution < 1.29 is 14.3 Å². The van der Waals surface area contributed by atoms with Crippen LogP contribution < -0.4 is 10.6 Å². The number of hydrogen-bond donors (Lipinski definition) is 2. The summed E-state index contributed by atoms with van der Waals surface area (Å²) >= 11 is 0. The van der Waals surface area contributed by atoms with Crippen molar-refractivity contribution in [2.45, 2.75) is 25.4 Å². The molecule has 188 valence electrons. The third kappa shape index (κ3) is 6.13. The number of hydrogen-bond acceptors (Lipinski definition) is 6. The minimum absolute atomic E-state index is 0.183. The fourth-order valence-electron chi connectivity index (χ4n) is 4.78. The summed E-state index contributed by atoms with van der Waals surface area (Å²) in [5, 5.41) is 9.04. The third-order valence-corrected chi connectivity index (χ3v) is 6.70. The van der Waals surface area contributed by atoms with Gasteiger partial charge in [0.05, 0.1) is 13.5 Å². The molecule has 1 fully saturated rings. The Labute approximate surface area is 216 Å². The second-order valence-corrected chi connectivity index (χ2v) is 9.37. The molecule has 3 aromatic carbocycles. The third-order valence-electron chi connectivity index (χ3n) is 6.70. The number of anilines is 2. The molecule has 1 amide bonds. The van der Waals surface area contributed by atoms with E-state index in [0.29, 0.717) is 11.6 Å². The van der Waals surface area contributed by atoms with Crippen LogP contribution in [-0.4, -0.2) is 48.0 Å². The van der Waals surface area contributed by atoms with Gasteiger partial charge in [-0.1, -0.05) is 36.4 Å². The summed E-state index contributed by atoms with van der Waals surface area (Å²) in [4.78, 5) is 30.8. The molecule has 0 bridgehead atoms. The van der Waals surface area contributed by atoms with Crippen LogP contribution in [0, 0.1) is 0 Å². The van der Waals surface area contributed by atoms with Gasteiger partial charge in [0.2, 0.25) is 0 Å². The maximum absolute atomic E-state index is 12.7. The predicted octanol–water partition coefficient (Wildman–Crippen LogP) is 4.89. The van der Waals surface area contributed by atoms with Crippen molar-refractivity contribution in [1.82, 2.24) is 9.88 Å². The summed E-state index contributed by atoms with van der Waals surface area (Å²) < 4.78 is 4.69. The molecule has 4 aromatic rings. The molecule has 7 heteroatoms. The first-order valence-corrected chi connectivity index (χ1v) is 12.4. The maximum atomic E-state index is 12.7. The zero-order valence-electron chi connectivity index (χ0n) is 20.8. The normalized spacial score (nSPS) is 15.4. The number of carbonyl (C=O) groups excluding carboxylic acids is 2. The molecule has 1 atom stereocenters. The molecule has 7 nitrogen and oxygen atoms in total. The summed E-state index contributed by atoms with van der Waals surface area (Å²) in [5.74, 6) is -0.488. The molecule has 2 N–H and O–H groups in total. The van der Waals surface area contributed by atoms with Crippen molar-refractivity contribution >= 4 is 34.0 Å². The van der Waals surface area contributed by atoms with Crippen molar-refractivity contribution in [2.75, 3.05) is 30.8 Å². The Kier molecular flexibility index (Phi) is 7.42. The lowest BCUT2D eigenvalue weighted by molar-refractivity contribution is -0.139. The molecule has 1 unspecified atom stereocenters. The highest BCUT2D eigenvalue weighted by Crippen LogP contribution is 2.25. The summed E-state index contributed by atoms with van der Waals surface area (Å²) in [6.07, 6.45) is 4.99. The molecule has 37 heavy (non-hydrogen) atoms. The van der Waals surface area contributed by atoms with Crippen molar-refractivity contribution in [3.63, 3.8) is 0 Å². The Balaban J connectivity index is 1.16. The molecule has 5 rings (SSSR count). The Morgan fingerprint density at radius 3 is 2.70 bits per heavy atom. The lowest BCUT2D eigenvalue weighted by atomic mass is 10.1. The van der Waals surface area contributed by atoms with E-state index >= 15 is 0 Å². The first-order valence-electron chi connectivity index (χ1n) is 12.4. The maximum Gasteiger partial charge on any atom is 0.309 e. The van der Waals surface area contributed by atoms with Crippen LogP contribution in [0.2, 0.25) is 0 Å². The zero-order chi connectivity index (χ0) is 25.6. The Hall–Kier alpha value is -4.23. The van der Waals surface area contributed by atoms with Crippen LogP contribution in [0.15, 0.2) is 85.2 Å². The molecule has 2 heterocycles. The fraction of sp³-hybridized carbons (Fsp3) is 0.233. The quantitative estimate of drug-likeness (QED) is 0.340. The van der Waals surface area contributed by atoms with E-state index in [-0.39, 0.29) is 18.3 Å². The van der Waals surface area contributed by atoms with Gasteiger partial charge in [0, 0.05) is 65.8 Å². The average molecular weight is 495 g/mol. The molecule has 1 aliphatic heterocycles. The molecule has 0 spiro atoms. The lowest BCUT2D eigenvalue weighted by Crippen LogP contribution is -2.26. The van der Waals surface area contributed by atoms with Gasteiger partial charge in [-0.15, -0.1) is 0 Å². The Morgan fingerprint density at radius 2 is 1.86 bits per heavy atom. The monoisotopic (exact) mass is 494 g/mol. The van der Waals surface area contributed by atoms with Crippen LogP contribution in [0.1, 0.15) is 27.9 Å². The number of carbonyl (C=O) groups is 2. The number of pyridine rings is 1. The van der Waals surface area contributed by atoms with Gasteiger partial charge in [-0.3, -0.25) is 19.5 Å². The number of benzene rings is 3. The molecule has 0 radical (unpaired) electrons. The number of methoxy groups -OCH3 is 1. The zero-order valence-corrected chi connectivity index (χ0v) is 20.8. The molecular formula is C30H30N4O3. The minimum Gasteiger partial charge on any atom is -0.469 e. The van der Waals surface area contributed by atoms with Crippen LogP contribution in [0.3, 0.4) is 0 Å². The van der Waals surface area contributed by atoms with Crippen LogP contribution >= 0.6 is 0 Å². The van der Waals surface area contributed by atoms with Gasteiger partial charge in [0.15, 0.2) is 0 Å². The highest BCUT2D eigenvalue weighted by atomic mass is 16.5. The number of rotatable bonds is 8. The second-order valence-electron chi connectivity index (χ2n) is 9.37. The summed E-state index contributed by atoms with van der Waals surface area (Å²) in [6, 6.07) is 23.7. The molecule has 1 aliphatic rings. The van der Waals surface area contributed by atoms with Crippen LogP contribution in [0.5, 0.6) is 0 Å².